The standard InChI is InChI=1S/C20H26N4O3/c1-14-7-10-23(11-8-14)20(26)17-16-6-2-3-9-24(16)18(22-17)19(25)21-13-15-5-4-12-27-15/h4-5,12,14H,2-3,6-11,13H2,1H3,(H,21,25). The minimum atomic E-state index is -0.263. The number of carbonyl (C=O) groups excluding carboxylic acids is 2. The molecule has 2 aliphatic rings. The van der Waals surface area contributed by atoms with Crippen LogP contribution in [0.3, 0.4) is 0 Å². The molecule has 1 N–H and O–H groups in total. The lowest BCUT2D eigenvalue weighted by molar-refractivity contribution is 0.0690. The van der Waals surface area contributed by atoms with E-state index in [0.29, 0.717) is 29.7 Å². The van der Waals surface area contributed by atoms with Crippen molar-refractivity contribution in [3.8, 4) is 0 Å². The number of nitrogens with zero attached hydrogens (tertiary/aromatic N) is 3. The van der Waals surface area contributed by atoms with E-state index in [4.69, 9.17) is 4.42 Å². The molecule has 144 valence electrons. The first kappa shape index (κ1) is 17.8. The van der Waals surface area contributed by atoms with E-state index in [2.05, 4.69) is 17.2 Å². The summed E-state index contributed by atoms with van der Waals surface area (Å²) in [6.45, 7) is 4.80. The summed E-state index contributed by atoms with van der Waals surface area (Å²) in [5.41, 5.74) is 1.38. The lowest BCUT2D eigenvalue weighted by atomic mass is 9.98. The number of carbonyl (C=O) groups is 2. The first-order valence-electron chi connectivity index (χ1n) is 9.82. The SMILES string of the molecule is CC1CCN(C(=O)c2nc(C(=O)NCc3ccco3)n3c2CCCC3)CC1. The van der Waals surface area contributed by atoms with Gasteiger partial charge in [0.2, 0.25) is 0 Å². The molecule has 0 atom stereocenters. The largest absolute Gasteiger partial charge is 0.467 e. The van der Waals surface area contributed by atoms with E-state index >= 15 is 0 Å². The second-order valence-corrected chi connectivity index (χ2v) is 7.58. The third kappa shape index (κ3) is 3.63. The van der Waals surface area contributed by atoms with Crippen LogP contribution in [-0.4, -0.2) is 39.4 Å². The number of hydrogen-bond acceptors (Lipinski definition) is 4. The lowest BCUT2D eigenvalue weighted by Gasteiger charge is -2.30. The predicted octanol–water partition coefficient (Wildman–Crippen LogP) is 2.61. The zero-order chi connectivity index (χ0) is 18.8. The quantitative estimate of drug-likeness (QED) is 0.897. The number of rotatable bonds is 4. The molecule has 4 rings (SSSR count). The monoisotopic (exact) mass is 370 g/mol. The number of hydrogen-bond donors (Lipinski definition) is 1. The Morgan fingerprint density at radius 2 is 2.07 bits per heavy atom. The average Bonchev–Trinajstić information content (AvgIpc) is 3.34. The van der Waals surface area contributed by atoms with Crippen molar-refractivity contribution in [1.29, 1.82) is 0 Å². The summed E-state index contributed by atoms with van der Waals surface area (Å²) in [5, 5.41) is 2.85. The van der Waals surface area contributed by atoms with Crippen LogP contribution in [0, 0.1) is 5.92 Å². The molecular weight excluding hydrogens is 344 g/mol. The topological polar surface area (TPSA) is 80.4 Å². The van der Waals surface area contributed by atoms with Crippen molar-refractivity contribution >= 4 is 11.8 Å². The highest BCUT2D eigenvalue weighted by molar-refractivity contribution is 5.97. The Morgan fingerprint density at radius 3 is 2.81 bits per heavy atom. The number of aromatic nitrogens is 2. The number of fused-ring (bicyclic) bond motifs is 1. The second-order valence-electron chi connectivity index (χ2n) is 7.58. The van der Waals surface area contributed by atoms with Crippen LogP contribution in [0.25, 0.3) is 0 Å². The summed E-state index contributed by atoms with van der Waals surface area (Å²) < 4.78 is 7.19. The highest BCUT2D eigenvalue weighted by Gasteiger charge is 2.31. The van der Waals surface area contributed by atoms with Crippen molar-refractivity contribution in [2.24, 2.45) is 5.92 Å². The number of likely N-dealkylation sites (tertiary alicyclic amines) is 1. The van der Waals surface area contributed by atoms with E-state index in [1.165, 1.54) is 0 Å². The zero-order valence-electron chi connectivity index (χ0n) is 15.7. The second kappa shape index (κ2) is 7.58. The molecule has 0 spiro atoms. The summed E-state index contributed by atoms with van der Waals surface area (Å²) in [7, 11) is 0. The third-order valence-corrected chi connectivity index (χ3v) is 5.60. The average molecular weight is 370 g/mol. The fourth-order valence-electron chi connectivity index (χ4n) is 3.91. The molecule has 7 heteroatoms. The fraction of sp³-hybridized carbons (Fsp3) is 0.550. The number of amides is 2. The van der Waals surface area contributed by atoms with Crippen molar-refractivity contribution in [2.45, 2.75) is 52.1 Å². The van der Waals surface area contributed by atoms with Gasteiger partial charge in [-0.3, -0.25) is 9.59 Å². The van der Waals surface area contributed by atoms with E-state index in [9.17, 15) is 9.59 Å². The molecule has 0 saturated carbocycles. The van der Waals surface area contributed by atoms with Gasteiger partial charge in [0.25, 0.3) is 11.8 Å². The van der Waals surface area contributed by atoms with Gasteiger partial charge in [0.15, 0.2) is 5.82 Å². The van der Waals surface area contributed by atoms with Crippen LogP contribution < -0.4 is 5.32 Å². The molecule has 0 radical (unpaired) electrons. The van der Waals surface area contributed by atoms with E-state index in [1.807, 2.05) is 15.5 Å². The molecule has 1 saturated heterocycles. The number of piperidine rings is 1. The molecular formula is C20H26N4O3. The first-order chi connectivity index (χ1) is 13.1. The van der Waals surface area contributed by atoms with Crippen molar-refractivity contribution < 1.29 is 14.0 Å². The van der Waals surface area contributed by atoms with E-state index in [-0.39, 0.29) is 11.8 Å². The number of furan rings is 1. The Labute approximate surface area is 158 Å². The molecule has 0 aliphatic carbocycles. The van der Waals surface area contributed by atoms with Crippen molar-refractivity contribution in [3.05, 3.63) is 41.4 Å². The molecule has 2 aliphatic heterocycles. The van der Waals surface area contributed by atoms with Crippen LogP contribution in [-0.2, 0) is 19.5 Å². The smallest absolute Gasteiger partial charge is 0.287 e. The molecule has 2 aromatic heterocycles. The van der Waals surface area contributed by atoms with Gasteiger partial charge in [-0.05, 0) is 50.2 Å². The Balaban J connectivity index is 1.55. The first-order valence-corrected chi connectivity index (χ1v) is 9.82. The molecule has 27 heavy (non-hydrogen) atoms. The van der Waals surface area contributed by atoms with Crippen LogP contribution in [0.1, 0.15) is 65.2 Å². The summed E-state index contributed by atoms with van der Waals surface area (Å²) in [6, 6.07) is 3.60. The molecule has 0 bridgehead atoms. The van der Waals surface area contributed by atoms with Gasteiger partial charge in [0.05, 0.1) is 18.5 Å². The third-order valence-electron chi connectivity index (χ3n) is 5.60. The Kier molecular flexibility index (Phi) is 5.01. The van der Waals surface area contributed by atoms with E-state index in [0.717, 1.165) is 57.4 Å². The van der Waals surface area contributed by atoms with E-state index < -0.39 is 0 Å². The van der Waals surface area contributed by atoms with Crippen LogP contribution in [0.4, 0.5) is 0 Å². The van der Waals surface area contributed by atoms with Crippen LogP contribution in [0.2, 0.25) is 0 Å². The molecule has 4 heterocycles. The molecule has 2 amide bonds. The van der Waals surface area contributed by atoms with Gasteiger partial charge < -0.3 is 19.2 Å². The van der Waals surface area contributed by atoms with Gasteiger partial charge in [-0.2, -0.15) is 0 Å². The van der Waals surface area contributed by atoms with Crippen molar-refractivity contribution in [2.75, 3.05) is 13.1 Å². The van der Waals surface area contributed by atoms with Crippen molar-refractivity contribution in [1.82, 2.24) is 19.8 Å². The maximum Gasteiger partial charge on any atom is 0.287 e. The van der Waals surface area contributed by atoms with Crippen LogP contribution >= 0.6 is 0 Å². The Hall–Kier alpha value is -2.57. The number of nitrogens with one attached hydrogen (secondary N) is 1. The maximum atomic E-state index is 13.1. The van der Waals surface area contributed by atoms with Gasteiger partial charge in [-0.1, -0.05) is 6.92 Å². The zero-order valence-corrected chi connectivity index (χ0v) is 15.7. The molecule has 7 nitrogen and oxygen atoms in total. The fourth-order valence-corrected chi connectivity index (χ4v) is 3.91. The van der Waals surface area contributed by atoms with Gasteiger partial charge in [0.1, 0.15) is 11.5 Å². The molecule has 0 unspecified atom stereocenters. The van der Waals surface area contributed by atoms with E-state index in [1.54, 1.807) is 12.3 Å². The predicted molar refractivity (Wildman–Crippen MR) is 99.3 cm³/mol. The van der Waals surface area contributed by atoms with Gasteiger partial charge in [0, 0.05) is 19.6 Å². The lowest BCUT2D eigenvalue weighted by Crippen LogP contribution is -2.38. The van der Waals surface area contributed by atoms with Gasteiger partial charge in [-0.15, -0.1) is 0 Å². The molecule has 1 fully saturated rings. The van der Waals surface area contributed by atoms with Gasteiger partial charge in [-0.25, -0.2) is 4.98 Å². The highest BCUT2D eigenvalue weighted by atomic mass is 16.3. The summed E-state index contributed by atoms with van der Waals surface area (Å²) in [6.07, 6.45) is 6.45. The highest BCUT2D eigenvalue weighted by Crippen LogP contribution is 2.24. The van der Waals surface area contributed by atoms with Crippen LogP contribution in [0.15, 0.2) is 22.8 Å². The maximum absolute atomic E-state index is 13.1. The van der Waals surface area contributed by atoms with Crippen molar-refractivity contribution in [3.63, 3.8) is 0 Å². The van der Waals surface area contributed by atoms with Gasteiger partial charge >= 0.3 is 0 Å². The summed E-state index contributed by atoms with van der Waals surface area (Å²) in [4.78, 5) is 32.2. The normalized spacial score (nSPS) is 17.6. The Bertz CT molecular complexity index is 817. The minimum Gasteiger partial charge on any atom is -0.467 e. The minimum absolute atomic E-state index is 0.0300. The summed E-state index contributed by atoms with van der Waals surface area (Å²) >= 11 is 0. The summed E-state index contributed by atoms with van der Waals surface area (Å²) in [5.74, 6) is 1.39. The molecule has 0 aromatic carbocycles. The van der Waals surface area contributed by atoms with Crippen LogP contribution in [0.5, 0.6) is 0 Å². The Morgan fingerprint density at radius 1 is 1.26 bits per heavy atom. The number of imidazole rings is 1. The molecule has 2 aromatic rings.